The molecule has 2 heterocycles. The number of nitrogens with two attached hydrogens (primary N) is 1. The molecule has 0 aliphatic carbocycles. The number of ether oxygens (including phenoxy) is 3. The first-order chi connectivity index (χ1) is 19.7. The van der Waals surface area contributed by atoms with Crippen molar-refractivity contribution in [2.24, 2.45) is 7.05 Å². The molecule has 0 bridgehead atoms. The molecule has 3 N–H and O–H groups in total. The minimum Gasteiger partial charge on any atom is -0.495 e. The predicted octanol–water partition coefficient (Wildman–Crippen LogP) is 5.31. The van der Waals surface area contributed by atoms with Gasteiger partial charge in [-0.05, 0) is 6.04 Å². The van der Waals surface area contributed by atoms with Crippen LogP contribution in [0.3, 0.4) is 0 Å². The number of aromatic nitrogens is 4. The third kappa shape index (κ3) is 7.34. The lowest BCUT2D eigenvalue weighted by molar-refractivity contribution is 0.148. The van der Waals surface area contributed by atoms with Crippen LogP contribution in [0.15, 0.2) is 24.7 Å². The van der Waals surface area contributed by atoms with E-state index in [-0.39, 0.29) is 57.1 Å². The van der Waals surface area contributed by atoms with E-state index in [2.05, 4.69) is 34.7 Å². The minimum absolute atomic E-state index is 0.0527. The lowest BCUT2D eigenvalue weighted by Crippen LogP contribution is -2.43. The largest absolute Gasteiger partial charge is 0.495 e. The summed E-state index contributed by atoms with van der Waals surface area (Å²) in [5, 5.41) is 14.2. The smallest absolute Gasteiger partial charge is 0.419 e. The first-order valence-corrected chi connectivity index (χ1v) is 17.0. The lowest BCUT2D eigenvalue weighted by atomic mass is 10.2. The number of urea groups is 1. The summed E-state index contributed by atoms with van der Waals surface area (Å²) in [5.41, 5.74) is 6.18. The van der Waals surface area contributed by atoms with Gasteiger partial charge in [0, 0.05) is 47.1 Å². The third-order valence-corrected chi connectivity index (χ3v) is 8.44. The van der Waals surface area contributed by atoms with Crippen molar-refractivity contribution in [1.82, 2.24) is 19.7 Å². The average molecular weight is 642 g/mol. The molecule has 42 heavy (non-hydrogen) atoms. The van der Waals surface area contributed by atoms with Crippen LogP contribution in [0.25, 0.3) is 0 Å². The second-order valence-electron chi connectivity index (χ2n) is 10.3. The van der Waals surface area contributed by atoms with Gasteiger partial charge in [0.1, 0.15) is 46.2 Å². The molecular weight excluding hydrogens is 607 g/mol. The van der Waals surface area contributed by atoms with Gasteiger partial charge in [-0.15, -0.1) is 0 Å². The molecule has 0 saturated heterocycles. The van der Waals surface area contributed by atoms with Gasteiger partial charge in [0.05, 0.1) is 25.6 Å². The summed E-state index contributed by atoms with van der Waals surface area (Å²) in [6, 6.07) is 3.02. The van der Waals surface area contributed by atoms with Crippen molar-refractivity contribution in [3.05, 3.63) is 34.7 Å². The van der Waals surface area contributed by atoms with E-state index < -0.39 is 20.2 Å². The molecule has 3 aromatic rings. The van der Waals surface area contributed by atoms with Gasteiger partial charge in [0.25, 0.3) is 0 Å². The fourth-order valence-electron chi connectivity index (χ4n) is 3.75. The number of anilines is 5. The Kier molecular flexibility index (Phi) is 10.5. The predicted molar refractivity (Wildman–Crippen MR) is 165 cm³/mol. The molecule has 2 aromatic heterocycles. The highest BCUT2D eigenvalue weighted by Crippen LogP contribution is 2.46. The van der Waals surface area contributed by atoms with Crippen LogP contribution in [-0.2, 0) is 11.8 Å². The summed E-state index contributed by atoms with van der Waals surface area (Å²) in [6.45, 7) is 6.81. The minimum atomic E-state index is -1.43. The standard InChI is InChI=1S/C25H34Cl2N8O6Si/c1-32-12-15(28)23(31-32)35(25(37)38)19-11-18(29-13-30-19)33(2)24(36)34(14-41-8-9-42(5,6)7)22-20(26)16(39-3)10-17(40-4)21(22)27/h10-13H,8-9,14,28H2,1-7H3,(H,37,38). The molecule has 0 saturated carbocycles. The molecule has 0 radical (unpaired) electrons. The zero-order chi connectivity index (χ0) is 31.4. The van der Waals surface area contributed by atoms with Gasteiger partial charge in [-0.1, -0.05) is 42.8 Å². The molecule has 0 aliphatic heterocycles. The Morgan fingerprint density at radius 1 is 1.07 bits per heavy atom. The number of nitrogen functional groups attached to an aromatic ring is 1. The zero-order valence-electron chi connectivity index (χ0n) is 24.4. The highest BCUT2D eigenvalue weighted by atomic mass is 35.5. The van der Waals surface area contributed by atoms with Gasteiger partial charge in [0.2, 0.25) is 0 Å². The number of hydrogen-bond donors (Lipinski definition) is 2. The van der Waals surface area contributed by atoms with Crippen LogP contribution in [0.5, 0.6) is 11.5 Å². The van der Waals surface area contributed by atoms with Crippen molar-refractivity contribution in [2.45, 2.75) is 25.7 Å². The number of carbonyl (C=O) groups is 2. The van der Waals surface area contributed by atoms with Gasteiger partial charge in [-0.25, -0.2) is 24.5 Å². The van der Waals surface area contributed by atoms with Crippen LogP contribution >= 0.6 is 23.2 Å². The number of amides is 3. The number of carbonyl (C=O) groups excluding carboxylic acids is 1. The van der Waals surface area contributed by atoms with Crippen LogP contribution in [0.2, 0.25) is 35.7 Å². The Morgan fingerprint density at radius 3 is 2.17 bits per heavy atom. The fourth-order valence-corrected chi connectivity index (χ4v) is 5.21. The van der Waals surface area contributed by atoms with Gasteiger partial charge >= 0.3 is 12.1 Å². The second kappa shape index (κ2) is 13.5. The maximum atomic E-state index is 14.0. The number of nitrogens with zero attached hydrogens (tertiary/aromatic N) is 7. The number of hydrogen-bond acceptors (Lipinski definition) is 9. The van der Waals surface area contributed by atoms with E-state index in [1.807, 2.05) is 0 Å². The summed E-state index contributed by atoms with van der Waals surface area (Å²) in [7, 11) is 4.46. The lowest BCUT2D eigenvalue weighted by Gasteiger charge is -2.30. The van der Waals surface area contributed by atoms with Gasteiger partial charge in [0.15, 0.2) is 5.82 Å². The second-order valence-corrected chi connectivity index (χ2v) is 16.7. The molecule has 1 aromatic carbocycles. The van der Waals surface area contributed by atoms with E-state index in [0.717, 1.165) is 17.3 Å². The highest BCUT2D eigenvalue weighted by Gasteiger charge is 2.31. The quantitative estimate of drug-likeness (QED) is 0.160. The molecule has 3 rings (SSSR count). The molecule has 3 amide bonds. The van der Waals surface area contributed by atoms with Crippen LogP contribution in [0.4, 0.5) is 38.4 Å². The zero-order valence-corrected chi connectivity index (χ0v) is 26.9. The Labute approximate surface area is 254 Å². The van der Waals surface area contributed by atoms with Crippen LogP contribution in [-0.4, -0.2) is 79.7 Å². The number of rotatable bonds is 11. The average Bonchev–Trinajstić information content (AvgIpc) is 3.25. The number of benzene rings is 1. The van der Waals surface area contributed by atoms with E-state index in [0.29, 0.717) is 6.61 Å². The molecule has 17 heteroatoms. The first kappa shape index (κ1) is 32.7. The normalized spacial score (nSPS) is 11.3. The van der Waals surface area contributed by atoms with E-state index in [4.69, 9.17) is 43.1 Å². The highest BCUT2D eigenvalue weighted by molar-refractivity contribution is 6.76. The van der Waals surface area contributed by atoms with Gasteiger partial charge in [-0.2, -0.15) is 5.10 Å². The van der Waals surface area contributed by atoms with Gasteiger partial charge < -0.3 is 25.1 Å². The molecule has 0 spiro atoms. The summed E-state index contributed by atoms with van der Waals surface area (Å²) >= 11 is 13.3. The van der Waals surface area contributed by atoms with E-state index >= 15 is 0 Å². The van der Waals surface area contributed by atoms with Crippen LogP contribution in [0, 0.1) is 0 Å². The van der Waals surface area contributed by atoms with E-state index in [1.165, 1.54) is 54.1 Å². The van der Waals surface area contributed by atoms with E-state index in [1.54, 1.807) is 7.05 Å². The molecule has 0 fully saturated rings. The molecule has 228 valence electrons. The fraction of sp³-hybridized carbons (Fsp3) is 0.400. The molecular formula is C25H34Cl2N8O6Si. The number of carboxylic acid groups (broad SMARTS) is 1. The third-order valence-electron chi connectivity index (χ3n) is 6.01. The molecule has 0 atom stereocenters. The van der Waals surface area contributed by atoms with Crippen molar-refractivity contribution in [3.63, 3.8) is 0 Å². The van der Waals surface area contributed by atoms with Crippen molar-refractivity contribution in [3.8, 4) is 11.5 Å². The van der Waals surface area contributed by atoms with Crippen molar-refractivity contribution in [2.75, 3.05) is 55.0 Å². The topological polar surface area (TPSA) is 161 Å². The molecule has 0 aliphatic rings. The van der Waals surface area contributed by atoms with Crippen molar-refractivity contribution >= 4 is 72.2 Å². The maximum absolute atomic E-state index is 14.0. The first-order valence-electron chi connectivity index (χ1n) is 12.6. The number of methoxy groups -OCH3 is 2. The maximum Gasteiger partial charge on any atom is 0.419 e. The Hall–Kier alpha value is -3.79. The monoisotopic (exact) mass is 640 g/mol. The molecule has 0 unspecified atom stereocenters. The summed E-state index contributed by atoms with van der Waals surface area (Å²) in [4.78, 5) is 37.7. The molecule has 14 nitrogen and oxygen atoms in total. The Bertz CT molecular complexity index is 1420. The SMILES string of the molecule is COc1cc(OC)c(Cl)c(N(COCC[Si](C)(C)C)C(=O)N(C)c2cc(N(C(=O)O)c3nn(C)cc3N)ncn2)c1Cl. The summed E-state index contributed by atoms with van der Waals surface area (Å²) in [6.07, 6.45) is 1.18. The number of halogens is 2. The summed E-state index contributed by atoms with van der Waals surface area (Å²) < 4.78 is 18.1. The van der Waals surface area contributed by atoms with Crippen LogP contribution in [0.1, 0.15) is 0 Å². The number of aryl methyl sites for hydroxylation is 1. The Balaban J connectivity index is 2.05. The summed E-state index contributed by atoms with van der Waals surface area (Å²) in [5.74, 6) is 0.368. The van der Waals surface area contributed by atoms with Crippen molar-refractivity contribution in [1.29, 1.82) is 0 Å². The van der Waals surface area contributed by atoms with Crippen molar-refractivity contribution < 1.29 is 28.9 Å². The van der Waals surface area contributed by atoms with Gasteiger partial charge in [-0.3, -0.25) is 14.5 Å². The van der Waals surface area contributed by atoms with Crippen LogP contribution < -0.4 is 29.9 Å². The Morgan fingerprint density at radius 2 is 1.67 bits per heavy atom. The van der Waals surface area contributed by atoms with E-state index in [9.17, 15) is 14.7 Å².